The first-order valence-corrected chi connectivity index (χ1v) is 4.81. The zero-order valence-electron chi connectivity index (χ0n) is 6.92. The highest BCUT2D eigenvalue weighted by molar-refractivity contribution is 4.97. The maximum atomic E-state index is 8.85. The summed E-state index contributed by atoms with van der Waals surface area (Å²) in [6.45, 7) is 0. The van der Waals surface area contributed by atoms with Gasteiger partial charge in [0.1, 0.15) is 0 Å². The fourth-order valence-corrected chi connectivity index (χ4v) is 2.89. The Morgan fingerprint density at radius 3 is 2.64 bits per heavy atom. The number of nitrogens with zero attached hydrogens (tertiary/aromatic N) is 1. The van der Waals surface area contributed by atoms with Crippen LogP contribution in [-0.4, -0.2) is 0 Å². The Morgan fingerprint density at radius 1 is 1.00 bits per heavy atom. The van der Waals surface area contributed by atoms with Crippen LogP contribution in [0.1, 0.15) is 38.5 Å². The summed E-state index contributed by atoms with van der Waals surface area (Å²) in [6, 6.07) is 2.46. The Bertz CT molecular complexity index is 180. The molecule has 2 fully saturated rings. The minimum atomic E-state index is 0.417. The molecule has 2 saturated carbocycles. The normalized spacial score (nSPS) is 43.0. The summed E-state index contributed by atoms with van der Waals surface area (Å²) in [5.41, 5.74) is 0. The van der Waals surface area contributed by atoms with Crippen LogP contribution < -0.4 is 0 Å². The van der Waals surface area contributed by atoms with Gasteiger partial charge in [-0.1, -0.05) is 19.3 Å². The molecular formula is C10H15N. The van der Waals surface area contributed by atoms with Crippen LogP contribution in [0.15, 0.2) is 0 Å². The van der Waals surface area contributed by atoms with Gasteiger partial charge in [0.15, 0.2) is 0 Å². The standard InChI is InChI=1S/C10H15N/c11-7-9-6-5-8-3-1-2-4-10(8)9/h8-10H,1-6H2. The van der Waals surface area contributed by atoms with E-state index in [-0.39, 0.29) is 0 Å². The first-order chi connectivity index (χ1) is 5.42. The van der Waals surface area contributed by atoms with Crippen LogP contribution >= 0.6 is 0 Å². The fourth-order valence-electron chi connectivity index (χ4n) is 2.89. The molecule has 11 heavy (non-hydrogen) atoms. The van der Waals surface area contributed by atoms with E-state index < -0.39 is 0 Å². The van der Waals surface area contributed by atoms with Gasteiger partial charge in [-0.05, 0) is 31.1 Å². The van der Waals surface area contributed by atoms with E-state index in [1.54, 1.807) is 0 Å². The Balaban J connectivity index is 2.05. The molecule has 0 saturated heterocycles. The van der Waals surface area contributed by atoms with Crippen LogP contribution in [0.2, 0.25) is 0 Å². The van der Waals surface area contributed by atoms with Gasteiger partial charge in [-0.3, -0.25) is 0 Å². The average Bonchev–Trinajstić information content (AvgIpc) is 2.47. The fraction of sp³-hybridized carbons (Fsp3) is 0.900. The van der Waals surface area contributed by atoms with Gasteiger partial charge in [0.25, 0.3) is 0 Å². The third kappa shape index (κ3) is 1.15. The van der Waals surface area contributed by atoms with Crippen LogP contribution in [0.5, 0.6) is 0 Å². The highest BCUT2D eigenvalue weighted by Gasteiger charge is 2.37. The van der Waals surface area contributed by atoms with E-state index in [0.29, 0.717) is 5.92 Å². The van der Waals surface area contributed by atoms with Crippen molar-refractivity contribution in [1.82, 2.24) is 0 Å². The summed E-state index contributed by atoms with van der Waals surface area (Å²) in [6.07, 6.45) is 8.05. The lowest BCUT2D eigenvalue weighted by Crippen LogP contribution is -2.17. The predicted molar refractivity (Wildman–Crippen MR) is 43.8 cm³/mol. The Kier molecular flexibility index (Phi) is 1.85. The van der Waals surface area contributed by atoms with E-state index in [1.165, 1.54) is 38.5 Å². The number of nitriles is 1. The lowest BCUT2D eigenvalue weighted by Gasteiger charge is -2.26. The van der Waals surface area contributed by atoms with Crippen LogP contribution in [0.25, 0.3) is 0 Å². The third-order valence-corrected chi connectivity index (χ3v) is 3.50. The number of rotatable bonds is 0. The van der Waals surface area contributed by atoms with Gasteiger partial charge in [-0.25, -0.2) is 0 Å². The zero-order valence-corrected chi connectivity index (χ0v) is 6.92. The van der Waals surface area contributed by atoms with Crippen molar-refractivity contribution in [2.75, 3.05) is 0 Å². The van der Waals surface area contributed by atoms with E-state index in [1.807, 2.05) is 0 Å². The first-order valence-electron chi connectivity index (χ1n) is 4.81. The van der Waals surface area contributed by atoms with E-state index in [4.69, 9.17) is 5.26 Å². The Hall–Kier alpha value is -0.510. The topological polar surface area (TPSA) is 23.8 Å². The van der Waals surface area contributed by atoms with Gasteiger partial charge in [-0.2, -0.15) is 5.26 Å². The molecule has 0 amide bonds. The molecule has 0 radical (unpaired) electrons. The molecule has 60 valence electrons. The third-order valence-electron chi connectivity index (χ3n) is 3.50. The van der Waals surface area contributed by atoms with Crippen LogP contribution in [-0.2, 0) is 0 Å². The predicted octanol–water partition coefficient (Wildman–Crippen LogP) is 2.73. The Labute approximate surface area is 68.4 Å². The second kappa shape index (κ2) is 2.85. The second-order valence-corrected chi connectivity index (χ2v) is 4.02. The van der Waals surface area contributed by atoms with Crippen molar-refractivity contribution in [2.45, 2.75) is 38.5 Å². The zero-order chi connectivity index (χ0) is 7.68. The molecule has 2 aliphatic rings. The monoisotopic (exact) mass is 149 g/mol. The maximum Gasteiger partial charge on any atom is 0.0658 e. The van der Waals surface area contributed by atoms with Gasteiger partial charge in [0.2, 0.25) is 0 Å². The molecule has 0 aromatic carbocycles. The van der Waals surface area contributed by atoms with Gasteiger partial charge < -0.3 is 0 Å². The lowest BCUT2D eigenvalue weighted by atomic mass is 9.78. The summed E-state index contributed by atoms with van der Waals surface area (Å²) in [7, 11) is 0. The van der Waals surface area contributed by atoms with Crippen molar-refractivity contribution in [2.24, 2.45) is 17.8 Å². The number of hydrogen-bond donors (Lipinski definition) is 0. The highest BCUT2D eigenvalue weighted by Crippen LogP contribution is 2.45. The molecule has 0 N–H and O–H groups in total. The van der Waals surface area contributed by atoms with Gasteiger partial charge in [-0.15, -0.1) is 0 Å². The van der Waals surface area contributed by atoms with Crippen molar-refractivity contribution in [3.05, 3.63) is 0 Å². The van der Waals surface area contributed by atoms with Gasteiger partial charge >= 0.3 is 0 Å². The molecule has 2 aliphatic carbocycles. The molecule has 0 aliphatic heterocycles. The quantitative estimate of drug-likeness (QED) is 0.519. The molecule has 2 rings (SSSR count). The summed E-state index contributed by atoms with van der Waals surface area (Å²) in [5, 5.41) is 8.85. The summed E-state index contributed by atoms with van der Waals surface area (Å²) in [5.74, 6) is 2.13. The van der Waals surface area contributed by atoms with Crippen molar-refractivity contribution in [3.63, 3.8) is 0 Å². The van der Waals surface area contributed by atoms with Gasteiger partial charge in [0, 0.05) is 5.92 Å². The largest absolute Gasteiger partial charge is 0.198 e. The molecule has 0 heterocycles. The van der Waals surface area contributed by atoms with Crippen molar-refractivity contribution in [3.8, 4) is 6.07 Å². The summed E-state index contributed by atoms with van der Waals surface area (Å²) < 4.78 is 0. The molecular weight excluding hydrogens is 134 g/mol. The molecule has 1 nitrogen and oxygen atoms in total. The summed E-state index contributed by atoms with van der Waals surface area (Å²) >= 11 is 0. The maximum absolute atomic E-state index is 8.85. The number of fused-ring (bicyclic) bond motifs is 1. The second-order valence-electron chi connectivity index (χ2n) is 4.02. The molecule has 0 aromatic rings. The minimum absolute atomic E-state index is 0.417. The average molecular weight is 149 g/mol. The molecule has 0 spiro atoms. The van der Waals surface area contributed by atoms with E-state index in [0.717, 1.165) is 11.8 Å². The van der Waals surface area contributed by atoms with Crippen molar-refractivity contribution in [1.29, 1.82) is 5.26 Å². The van der Waals surface area contributed by atoms with Crippen LogP contribution in [0.4, 0.5) is 0 Å². The van der Waals surface area contributed by atoms with Gasteiger partial charge in [0.05, 0.1) is 6.07 Å². The van der Waals surface area contributed by atoms with E-state index >= 15 is 0 Å². The van der Waals surface area contributed by atoms with Crippen molar-refractivity contribution >= 4 is 0 Å². The SMILES string of the molecule is N#CC1CCC2CCCCC12. The lowest BCUT2D eigenvalue weighted by molar-refractivity contribution is 0.253. The van der Waals surface area contributed by atoms with Crippen LogP contribution in [0.3, 0.4) is 0 Å². The highest BCUT2D eigenvalue weighted by atomic mass is 14.4. The first kappa shape index (κ1) is 7.16. The minimum Gasteiger partial charge on any atom is -0.198 e. The number of hydrogen-bond acceptors (Lipinski definition) is 1. The van der Waals surface area contributed by atoms with E-state index in [2.05, 4.69) is 6.07 Å². The molecule has 0 bridgehead atoms. The van der Waals surface area contributed by atoms with Crippen molar-refractivity contribution < 1.29 is 0 Å². The summed E-state index contributed by atoms with van der Waals surface area (Å²) in [4.78, 5) is 0. The van der Waals surface area contributed by atoms with E-state index in [9.17, 15) is 0 Å². The van der Waals surface area contributed by atoms with Crippen LogP contribution in [0, 0.1) is 29.1 Å². The molecule has 3 unspecified atom stereocenters. The smallest absolute Gasteiger partial charge is 0.0658 e. The molecule has 0 aromatic heterocycles. The molecule has 1 heteroatoms. The Morgan fingerprint density at radius 2 is 1.82 bits per heavy atom. The molecule has 3 atom stereocenters.